The molecule has 1 fully saturated rings. The van der Waals surface area contributed by atoms with Crippen LogP contribution in [0.5, 0.6) is 0 Å². The zero-order valence-electron chi connectivity index (χ0n) is 10.8. The Labute approximate surface area is 95.4 Å². The Morgan fingerprint density at radius 3 is 2.87 bits per heavy atom. The van der Waals surface area contributed by atoms with Crippen LogP contribution < -0.4 is 5.32 Å². The van der Waals surface area contributed by atoms with E-state index in [9.17, 15) is 0 Å². The van der Waals surface area contributed by atoms with Crippen LogP contribution in [0, 0.1) is 5.92 Å². The minimum absolute atomic E-state index is 0.802. The topological polar surface area (TPSA) is 15.3 Å². The van der Waals surface area contributed by atoms with Gasteiger partial charge in [0, 0.05) is 12.6 Å². The number of hydrogen-bond acceptors (Lipinski definition) is 2. The number of nitrogens with one attached hydrogen (secondary N) is 1. The molecule has 1 rings (SSSR count). The fourth-order valence-corrected chi connectivity index (χ4v) is 2.46. The Balaban J connectivity index is 2.17. The molecule has 2 heteroatoms. The molecular formula is C13H28N2. The van der Waals surface area contributed by atoms with Gasteiger partial charge in [0.2, 0.25) is 0 Å². The molecular weight excluding hydrogens is 184 g/mol. The SMILES string of the molecule is CCCCC(C)N1CCC(CNCC)C1. The Morgan fingerprint density at radius 1 is 1.40 bits per heavy atom. The molecule has 2 atom stereocenters. The van der Waals surface area contributed by atoms with E-state index in [1.54, 1.807) is 0 Å². The third-order valence-corrected chi connectivity index (χ3v) is 3.60. The molecule has 0 amide bonds. The molecule has 0 radical (unpaired) electrons. The first-order chi connectivity index (χ1) is 7.27. The molecule has 15 heavy (non-hydrogen) atoms. The van der Waals surface area contributed by atoms with E-state index >= 15 is 0 Å². The first-order valence-corrected chi connectivity index (χ1v) is 6.72. The zero-order valence-corrected chi connectivity index (χ0v) is 10.8. The molecule has 2 unspecified atom stereocenters. The maximum absolute atomic E-state index is 3.47. The molecule has 0 aromatic rings. The predicted molar refractivity (Wildman–Crippen MR) is 67.2 cm³/mol. The fourth-order valence-electron chi connectivity index (χ4n) is 2.46. The first-order valence-electron chi connectivity index (χ1n) is 6.72. The minimum atomic E-state index is 0.802. The van der Waals surface area contributed by atoms with Crippen molar-refractivity contribution in [1.82, 2.24) is 10.2 Å². The predicted octanol–water partition coefficient (Wildman–Crippen LogP) is 2.50. The van der Waals surface area contributed by atoms with Crippen molar-refractivity contribution in [2.45, 2.75) is 52.5 Å². The van der Waals surface area contributed by atoms with Crippen molar-refractivity contribution in [2.75, 3.05) is 26.2 Å². The molecule has 1 N–H and O–H groups in total. The highest BCUT2D eigenvalue weighted by atomic mass is 15.2. The summed E-state index contributed by atoms with van der Waals surface area (Å²) in [6, 6.07) is 0.802. The maximum atomic E-state index is 3.47. The monoisotopic (exact) mass is 212 g/mol. The van der Waals surface area contributed by atoms with E-state index in [4.69, 9.17) is 0 Å². The van der Waals surface area contributed by atoms with Crippen LogP contribution in [0.2, 0.25) is 0 Å². The number of rotatable bonds is 7. The van der Waals surface area contributed by atoms with Crippen molar-refractivity contribution in [3.63, 3.8) is 0 Å². The van der Waals surface area contributed by atoms with Gasteiger partial charge >= 0.3 is 0 Å². The van der Waals surface area contributed by atoms with Gasteiger partial charge in [0.05, 0.1) is 0 Å². The van der Waals surface area contributed by atoms with Gasteiger partial charge in [-0.3, -0.25) is 0 Å². The van der Waals surface area contributed by atoms with Crippen molar-refractivity contribution in [3.05, 3.63) is 0 Å². The summed E-state index contributed by atoms with van der Waals surface area (Å²) < 4.78 is 0. The number of likely N-dealkylation sites (tertiary alicyclic amines) is 1. The lowest BCUT2D eigenvalue weighted by molar-refractivity contribution is 0.234. The smallest absolute Gasteiger partial charge is 0.00670 e. The lowest BCUT2D eigenvalue weighted by Gasteiger charge is -2.24. The molecule has 0 aliphatic carbocycles. The van der Waals surface area contributed by atoms with Gasteiger partial charge < -0.3 is 10.2 Å². The molecule has 0 aromatic carbocycles. The second-order valence-electron chi connectivity index (χ2n) is 4.95. The molecule has 0 spiro atoms. The highest BCUT2D eigenvalue weighted by Crippen LogP contribution is 2.20. The summed E-state index contributed by atoms with van der Waals surface area (Å²) in [5.74, 6) is 0.897. The van der Waals surface area contributed by atoms with E-state index in [0.717, 1.165) is 18.5 Å². The van der Waals surface area contributed by atoms with Gasteiger partial charge in [-0.25, -0.2) is 0 Å². The maximum Gasteiger partial charge on any atom is 0.00670 e. The molecule has 1 aliphatic heterocycles. The highest BCUT2D eigenvalue weighted by Gasteiger charge is 2.24. The summed E-state index contributed by atoms with van der Waals surface area (Å²) >= 11 is 0. The molecule has 1 heterocycles. The van der Waals surface area contributed by atoms with Crippen molar-refractivity contribution < 1.29 is 0 Å². The summed E-state index contributed by atoms with van der Waals surface area (Å²) in [6.07, 6.45) is 5.49. The molecule has 0 bridgehead atoms. The molecule has 0 aromatic heterocycles. The van der Waals surface area contributed by atoms with E-state index in [2.05, 4.69) is 31.0 Å². The summed E-state index contributed by atoms with van der Waals surface area (Å²) in [5.41, 5.74) is 0. The normalized spacial score (nSPS) is 24.6. The van der Waals surface area contributed by atoms with E-state index in [1.165, 1.54) is 45.3 Å². The second-order valence-corrected chi connectivity index (χ2v) is 4.95. The first kappa shape index (κ1) is 13.0. The summed E-state index contributed by atoms with van der Waals surface area (Å²) in [7, 11) is 0. The van der Waals surface area contributed by atoms with Crippen LogP contribution >= 0.6 is 0 Å². The van der Waals surface area contributed by atoms with E-state index in [0.29, 0.717) is 0 Å². The molecule has 2 nitrogen and oxygen atoms in total. The molecule has 1 aliphatic rings. The van der Waals surface area contributed by atoms with Crippen LogP contribution in [0.15, 0.2) is 0 Å². The molecule has 1 saturated heterocycles. The third kappa shape index (κ3) is 4.52. The Kier molecular flexibility index (Phi) is 6.26. The van der Waals surface area contributed by atoms with Crippen LogP contribution in [0.1, 0.15) is 46.5 Å². The highest BCUT2D eigenvalue weighted by molar-refractivity contribution is 4.80. The van der Waals surface area contributed by atoms with Gasteiger partial charge in [-0.15, -0.1) is 0 Å². The number of hydrogen-bond donors (Lipinski definition) is 1. The fraction of sp³-hybridized carbons (Fsp3) is 1.00. The summed E-state index contributed by atoms with van der Waals surface area (Å²) in [4.78, 5) is 2.68. The van der Waals surface area contributed by atoms with E-state index < -0.39 is 0 Å². The quantitative estimate of drug-likeness (QED) is 0.697. The Bertz CT molecular complexity index is 159. The van der Waals surface area contributed by atoms with Gasteiger partial charge in [0.25, 0.3) is 0 Å². The largest absolute Gasteiger partial charge is 0.317 e. The standard InChI is InChI=1S/C13H28N2/c1-4-6-7-12(3)15-9-8-13(11-15)10-14-5-2/h12-14H,4-11H2,1-3H3. The van der Waals surface area contributed by atoms with Gasteiger partial charge in [0.1, 0.15) is 0 Å². The minimum Gasteiger partial charge on any atom is -0.317 e. The Morgan fingerprint density at radius 2 is 2.20 bits per heavy atom. The van der Waals surface area contributed by atoms with Crippen LogP contribution in [0.25, 0.3) is 0 Å². The summed E-state index contributed by atoms with van der Waals surface area (Å²) in [6.45, 7) is 11.8. The van der Waals surface area contributed by atoms with Gasteiger partial charge in [-0.2, -0.15) is 0 Å². The lowest BCUT2D eigenvalue weighted by atomic mass is 10.1. The van der Waals surface area contributed by atoms with Crippen LogP contribution in [-0.2, 0) is 0 Å². The van der Waals surface area contributed by atoms with E-state index in [-0.39, 0.29) is 0 Å². The van der Waals surface area contributed by atoms with Crippen molar-refractivity contribution >= 4 is 0 Å². The third-order valence-electron chi connectivity index (χ3n) is 3.60. The second kappa shape index (κ2) is 7.24. The van der Waals surface area contributed by atoms with Gasteiger partial charge in [0.15, 0.2) is 0 Å². The lowest BCUT2D eigenvalue weighted by Crippen LogP contribution is -2.32. The van der Waals surface area contributed by atoms with Crippen molar-refractivity contribution in [3.8, 4) is 0 Å². The average Bonchev–Trinajstić information content (AvgIpc) is 2.71. The van der Waals surface area contributed by atoms with Crippen molar-refractivity contribution in [1.29, 1.82) is 0 Å². The molecule has 0 saturated carbocycles. The summed E-state index contributed by atoms with van der Waals surface area (Å²) in [5, 5.41) is 3.47. The van der Waals surface area contributed by atoms with Crippen LogP contribution in [-0.4, -0.2) is 37.1 Å². The van der Waals surface area contributed by atoms with E-state index in [1.807, 2.05) is 0 Å². The molecule has 90 valence electrons. The zero-order chi connectivity index (χ0) is 11.1. The van der Waals surface area contributed by atoms with Crippen LogP contribution in [0.3, 0.4) is 0 Å². The number of unbranched alkanes of at least 4 members (excludes halogenated alkanes) is 1. The Hall–Kier alpha value is -0.0800. The van der Waals surface area contributed by atoms with Gasteiger partial charge in [-0.05, 0) is 45.3 Å². The van der Waals surface area contributed by atoms with Gasteiger partial charge in [-0.1, -0.05) is 26.7 Å². The van der Waals surface area contributed by atoms with Crippen LogP contribution in [0.4, 0.5) is 0 Å². The average molecular weight is 212 g/mol. The van der Waals surface area contributed by atoms with Crippen molar-refractivity contribution in [2.24, 2.45) is 5.92 Å². The number of nitrogens with zero attached hydrogens (tertiary/aromatic N) is 1.